The van der Waals surface area contributed by atoms with E-state index in [9.17, 15) is 8.42 Å². The zero-order valence-electron chi connectivity index (χ0n) is 7.20. The lowest BCUT2D eigenvalue weighted by Crippen LogP contribution is -2.06. The van der Waals surface area contributed by atoms with Crippen LogP contribution in [0.25, 0.3) is 0 Å². The number of hydrogen-bond acceptors (Lipinski definition) is 4. The molecule has 0 saturated heterocycles. The summed E-state index contributed by atoms with van der Waals surface area (Å²) in [5.74, 6) is -0.283. The molecule has 0 N–H and O–H groups in total. The first-order chi connectivity index (χ1) is 6.44. The van der Waals surface area contributed by atoms with Crippen molar-refractivity contribution in [3.8, 4) is 0 Å². The fourth-order valence-corrected chi connectivity index (χ4v) is 2.16. The first-order valence-electron chi connectivity index (χ1n) is 3.53. The van der Waals surface area contributed by atoms with Crippen LogP contribution < -0.4 is 0 Å². The smallest absolute Gasteiger partial charge is 0.271 e. The van der Waals surface area contributed by atoms with E-state index in [1.165, 1.54) is 6.20 Å². The van der Waals surface area contributed by atoms with Crippen LogP contribution >= 0.6 is 27.5 Å². The van der Waals surface area contributed by atoms with E-state index in [0.717, 1.165) is 7.11 Å². The molecule has 1 aromatic heterocycles. The molecule has 7 heteroatoms. The van der Waals surface area contributed by atoms with Crippen LogP contribution in [0.4, 0.5) is 0 Å². The normalized spacial score (nSPS) is 11.6. The Kier molecular flexibility index (Phi) is 3.88. The fraction of sp³-hybridized carbons (Fsp3) is 0.286. The molecule has 0 spiro atoms. The van der Waals surface area contributed by atoms with Gasteiger partial charge >= 0.3 is 0 Å². The van der Waals surface area contributed by atoms with Crippen molar-refractivity contribution in [3.05, 3.63) is 27.5 Å². The highest BCUT2D eigenvalue weighted by Crippen LogP contribution is 2.20. The first kappa shape index (κ1) is 11.9. The van der Waals surface area contributed by atoms with Crippen molar-refractivity contribution in [2.24, 2.45) is 0 Å². The SMILES string of the molecule is COS(=O)(=O)Cc1cc(Br)cnc1Cl. The van der Waals surface area contributed by atoms with Gasteiger partial charge in [0, 0.05) is 16.2 Å². The van der Waals surface area contributed by atoms with Crippen LogP contribution in [-0.2, 0) is 20.1 Å². The zero-order valence-corrected chi connectivity index (χ0v) is 10.4. The van der Waals surface area contributed by atoms with Crippen LogP contribution in [0.3, 0.4) is 0 Å². The van der Waals surface area contributed by atoms with Crippen LogP contribution in [0.15, 0.2) is 16.7 Å². The number of nitrogens with zero attached hydrogens (tertiary/aromatic N) is 1. The Morgan fingerprint density at radius 1 is 1.64 bits per heavy atom. The lowest BCUT2D eigenvalue weighted by atomic mass is 10.3. The molecule has 0 atom stereocenters. The van der Waals surface area contributed by atoms with Gasteiger partial charge < -0.3 is 0 Å². The number of rotatable bonds is 3. The van der Waals surface area contributed by atoms with E-state index in [4.69, 9.17) is 11.6 Å². The lowest BCUT2D eigenvalue weighted by Gasteiger charge is -2.03. The average Bonchev–Trinajstić information content (AvgIpc) is 2.11. The Hall–Kier alpha value is -0.170. The minimum Gasteiger partial charge on any atom is -0.273 e. The molecule has 0 radical (unpaired) electrons. The monoisotopic (exact) mass is 299 g/mol. The number of hydrogen-bond donors (Lipinski definition) is 0. The average molecular weight is 301 g/mol. The van der Waals surface area contributed by atoms with E-state index in [0.29, 0.717) is 10.0 Å². The van der Waals surface area contributed by atoms with Gasteiger partial charge in [-0.3, -0.25) is 4.18 Å². The van der Waals surface area contributed by atoms with Crippen LogP contribution in [-0.4, -0.2) is 20.5 Å². The summed E-state index contributed by atoms with van der Waals surface area (Å²) < 4.78 is 27.2. The van der Waals surface area contributed by atoms with Crippen molar-refractivity contribution in [1.82, 2.24) is 4.98 Å². The minimum atomic E-state index is -3.56. The third-order valence-corrected chi connectivity index (χ3v) is 3.41. The van der Waals surface area contributed by atoms with Crippen LogP contribution in [0.1, 0.15) is 5.56 Å². The van der Waals surface area contributed by atoms with Crippen LogP contribution in [0.5, 0.6) is 0 Å². The summed E-state index contributed by atoms with van der Waals surface area (Å²) in [6.45, 7) is 0. The highest BCUT2D eigenvalue weighted by atomic mass is 79.9. The van der Waals surface area contributed by atoms with E-state index in [1.54, 1.807) is 6.07 Å². The Morgan fingerprint density at radius 3 is 2.86 bits per heavy atom. The molecule has 0 fully saturated rings. The lowest BCUT2D eigenvalue weighted by molar-refractivity contribution is 0.397. The standard InChI is InChI=1S/C7H7BrClNO3S/c1-13-14(11,12)4-5-2-6(8)3-10-7(5)9/h2-3H,4H2,1H3. The maximum absolute atomic E-state index is 11.1. The second-order valence-electron chi connectivity index (χ2n) is 2.47. The molecule has 1 rings (SSSR count). The van der Waals surface area contributed by atoms with Crippen molar-refractivity contribution in [2.45, 2.75) is 5.75 Å². The molecular weight excluding hydrogens is 294 g/mol. The van der Waals surface area contributed by atoms with Gasteiger partial charge in [0.15, 0.2) is 0 Å². The van der Waals surface area contributed by atoms with Gasteiger partial charge in [-0.15, -0.1) is 0 Å². The van der Waals surface area contributed by atoms with Gasteiger partial charge in [-0.05, 0) is 22.0 Å². The maximum Gasteiger partial charge on any atom is 0.271 e. The molecule has 0 aliphatic carbocycles. The molecule has 78 valence electrons. The summed E-state index contributed by atoms with van der Waals surface area (Å²) in [6.07, 6.45) is 1.49. The Labute approximate surface area is 95.5 Å². The predicted molar refractivity (Wildman–Crippen MR) is 56.6 cm³/mol. The third-order valence-electron chi connectivity index (χ3n) is 1.46. The fourth-order valence-electron chi connectivity index (χ4n) is 0.815. The highest BCUT2D eigenvalue weighted by Gasteiger charge is 2.13. The van der Waals surface area contributed by atoms with E-state index in [1.807, 2.05) is 0 Å². The quantitative estimate of drug-likeness (QED) is 0.632. The molecule has 14 heavy (non-hydrogen) atoms. The molecule has 1 aromatic rings. The number of halogens is 2. The summed E-state index contributed by atoms with van der Waals surface area (Å²) in [5, 5.41) is 0.161. The first-order valence-corrected chi connectivity index (χ1v) is 6.27. The second-order valence-corrected chi connectivity index (χ2v) is 5.48. The molecule has 1 heterocycles. The summed E-state index contributed by atoms with van der Waals surface area (Å²) in [7, 11) is -2.45. The van der Waals surface area contributed by atoms with Gasteiger partial charge in [-0.2, -0.15) is 8.42 Å². The van der Waals surface area contributed by atoms with E-state index in [2.05, 4.69) is 25.1 Å². The molecule has 0 bridgehead atoms. The molecule has 0 saturated carbocycles. The minimum absolute atomic E-state index is 0.161. The van der Waals surface area contributed by atoms with E-state index in [-0.39, 0.29) is 10.9 Å². The van der Waals surface area contributed by atoms with Gasteiger partial charge in [-0.1, -0.05) is 11.6 Å². The summed E-state index contributed by atoms with van der Waals surface area (Å²) >= 11 is 8.88. The molecule has 0 unspecified atom stereocenters. The van der Waals surface area contributed by atoms with Gasteiger partial charge in [0.1, 0.15) is 10.9 Å². The summed E-state index contributed by atoms with van der Waals surface area (Å²) in [4.78, 5) is 3.80. The van der Waals surface area contributed by atoms with Crippen LogP contribution in [0.2, 0.25) is 5.15 Å². The van der Waals surface area contributed by atoms with Crippen molar-refractivity contribution in [2.75, 3.05) is 7.11 Å². The summed E-state index contributed by atoms with van der Waals surface area (Å²) in [6, 6.07) is 1.59. The van der Waals surface area contributed by atoms with Gasteiger partial charge in [0.2, 0.25) is 0 Å². The van der Waals surface area contributed by atoms with Crippen molar-refractivity contribution in [1.29, 1.82) is 0 Å². The van der Waals surface area contributed by atoms with Crippen molar-refractivity contribution in [3.63, 3.8) is 0 Å². The van der Waals surface area contributed by atoms with Crippen molar-refractivity contribution < 1.29 is 12.6 Å². The Morgan fingerprint density at radius 2 is 2.29 bits per heavy atom. The zero-order chi connectivity index (χ0) is 10.8. The number of aromatic nitrogens is 1. The van der Waals surface area contributed by atoms with Gasteiger partial charge in [0.25, 0.3) is 10.1 Å². The molecule has 0 aliphatic heterocycles. The summed E-state index contributed by atoms with van der Waals surface area (Å²) in [5.41, 5.74) is 0.405. The van der Waals surface area contributed by atoms with E-state index < -0.39 is 10.1 Å². The van der Waals surface area contributed by atoms with Gasteiger partial charge in [-0.25, -0.2) is 4.98 Å². The largest absolute Gasteiger partial charge is 0.273 e. The second kappa shape index (κ2) is 4.57. The predicted octanol–water partition coefficient (Wildman–Crippen LogP) is 1.97. The Balaban J connectivity index is 3.03. The Bertz CT molecular complexity index is 435. The molecule has 0 aliphatic rings. The maximum atomic E-state index is 11.1. The molecular formula is C7H7BrClNO3S. The number of pyridine rings is 1. The molecule has 0 amide bonds. The molecule has 4 nitrogen and oxygen atoms in total. The molecule has 0 aromatic carbocycles. The topological polar surface area (TPSA) is 56.3 Å². The van der Waals surface area contributed by atoms with E-state index >= 15 is 0 Å². The van der Waals surface area contributed by atoms with Crippen LogP contribution in [0, 0.1) is 0 Å². The van der Waals surface area contributed by atoms with Crippen molar-refractivity contribution >= 4 is 37.6 Å². The van der Waals surface area contributed by atoms with Gasteiger partial charge in [0.05, 0.1) is 7.11 Å². The highest BCUT2D eigenvalue weighted by molar-refractivity contribution is 9.10. The third kappa shape index (κ3) is 3.20.